The molecule has 0 saturated carbocycles. The van der Waals surface area contributed by atoms with Crippen LogP contribution in [-0.2, 0) is 9.53 Å². The predicted molar refractivity (Wildman–Crippen MR) is 148 cm³/mol. The van der Waals surface area contributed by atoms with Crippen LogP contribution in [0, 0.1) is 40.2 Å². The summed E-state index contributed by atoms with van der Waals surface area (Å²) in [5, 5.41) is 17.8. The molecule has 0 amide bonds. The highest BCUT2D eigenvalue weighted by Crippen LogP contribution is 2.40. The summed E-state index contributed by atoms with van der Waals surface area (Å²) < 4.78 is 35.2. The summed E-state index contributed by atoms with van der Waals surface area (Å²) in [6.45, 7) is 0.432. The third-order valence-electron chi connectivity index (χ3n) is 6.30. The van der Waals surface area contributed by atoms with Crippen LogP contribution in [0.3, 0.4) is 0 Å². The molecule has 192 valence electrons. The minimum absolute atomic E-state index is 0.0287. The largest absolute Gasteiger partial charge is 0.366 e. The third kappa shape index (κ3) is 6.21. The molecule has 2 atom stereocenters. The van der Waals surface area contributed by atoms with E-state index >= 15 is 0 Å². The Kier molecular flexibility index (Phi) is 8.09. The number of carbonyl (C=O) groups is 1. The average molecular weight is 555 g/mol. The number of ether oxygens (including phenoxy) is 1. The van der Waals surface area contributed by atoms with E-state index in [1.807, 2.05) is 18.2 Å². The van der Waals surface area contributed by atoms with Gasteiger partial charge in [0.1, 0.15) is 17.1 Å². The van der Waals surface area contributed by atoms with Gasteiger partial charge in [-0.15, -0.1) is 0 Å². The Bertz CT molecular complexity index is 1610. The molecule has 4 aromatic rings. The number of benzene rings is 4. The van der Waals surface area contributed by atoms with Crippen molar-refractivity contribution in [2.45, 2.75) is 21.6 Å². The second kappa shape index (κ2) is 11.8. The molecule has 0 spiro atoms. The zero-order valence-corrected chi connectivity index (χ0v) is 22.1. The summed E-state index contributed by atoms with van der Waals surface area (Å²) >= 11 is 2.36. The van der Waals surface area contributed by atoms with Gasteiger partial charge in [-0.3, -0.25) is 4.79 Å². The van der Waals surface area contributed by atoms with E-state index in [9.17, 15) is 13.6 Å². The van der Waals surface area contributed by atoms with E-state index in [4.69, 9.17) is 15.3 Å². The monoisotopic (exact) mass is 554 g/mol. The number of nitrogens with zero attached hydrogens (tertiary/aromatic N) is 2. The maximum absolute atomic E-state index is 14.8. The number of hydrogen-bond donors (Lipinski definition) is 0. The van der Waals surface area contributed by atoms with Crippen LogP contribution in [0.1, 0.15) is 17.5 Å². The highest BCUT2D eigenvalue weighted by molar-refractivity contribution is 8.13. The molecule has 4 nitrogen and oxygen atoms in total. The van der Waals surface area contributed by atoms with Crippen LogP contribution in [0.2, 0.25) is 0 Å². The van der Waals surface area contributed by atoms with Gasteiger partial charge in [-0.2, -0.15) is 10.5 Å². The lowest BCUT2D eigenvalue weighted by Gasteiger charge is -2.35. The molecular weight excluding hydrogens is 534 g/mol. The Hall–Kier alpha value is -3.95. The van der Waals surface area contributed by atoms with Gasteiger partial charge < -0.3 is 4.74 Å². The maximum Gasteiger partial charge on any atom is 0.194 e. The molecule has 1 saturated heterocycles. The smallest absolute Gasteiger partial charge is 0.194 e. The van der Waals surface area contributed by atoms with Gasteiger partial charge in [0.25, 0.3) is 0 Å². The third-order valence-corrected chi connectivity index (χ3v) is 8.47. The first-order valence-electron chi connectivity index (χ1n) is 12.0. The molecule has 0 bridgehead atoms. The summed E-state index contributed by atoms with van der Waals surface area (Å²) in [6.07, 6.45) is 0.257. The molecule has 1 aliphatic rings. The van der Waals surface area contributed by atoms with Crippen LogP contribution in [-0.4, -0.2) is 17.2 Å². The van der Waals surface area contributed by atoms with Crippen LogP contribution in [0.15, 0.2) is 94.7 Å². The molecule has 0 aliphatic carbocycles. The summed E-state index contributed by atoms with van der Waals surface area (Å²) in [5.41, 5.74) is 2.92. The molecule has 5 rings (SSSR count). The first-order valence-corrected chi connectivity index (χ1v) is 13.7. The van der Waals surface area contributed by atoms with Gasteiger partial charge >= 0.3 is 0 Å². The second-order valence-electron chi connectivity index (χ2n) is 8.92. The quantitative estimate of drug-likeness (QED) is 0.217. The first-order chi connectivity index (χ1) is 18.9. The second-order valence-corrected chi connectivity index (χ2v) is 11.2. The topological polar surface area (TPSA) is 73.9 Å². The minimum atomic E-state index is -0.440. The molecule has 4 aromatic carbocycles. The lowest BCUT2D eigenvalue weighted by molar-refractivity contribution is -0.118. The zero-order chi connectivity index (χ0) is 27.4. The van der Waals surface area contributed by atoms with Crippen molar-refractivity contribution in [3.8, 4) is 34.4 Å². The summed E-state index contributed by atoms with van der Waals surface area (Å²) in [5.74, 6) is -0.845. The van der Waals surface area contributed by atoms with Crippen molar-refractivity contribution in [3.63, 3.8) is 0 Å². The maximum atomic E-state index is 14.8. The minimum Gasteiger partial charge on any atom is -0.366 e. The van der Waals surface area contributed by atoms with Crippen molar-refractivity contribution in [3.05, 3.63) is 108 Å². The number of halogens is 2. The van der Waals surface area contributed by atoms with Gasteiger partial charge in [-0.1, -0.05) is 59.9 Å². The normalized spacial score (nSPS) is 16.1. The van der Waals surface area contributed by atoms with Crippen molar-refractivity contribution in [1.82, 2.24) is 0 Å². The molecule has 0 aromatic heterocycles. The molecule has 1 heterocycles. The fourth-order valence-corrected chi connectivity index (χ4v) is 6.12. The molecule has 1 aliphatic heterocycles. The summed E-state index contributed by atoms with van der Waals surface area (Å²) in [7, 11) is 0. The van der Waals surface area contributed by atoms with Gasteiger partial charge in [-0.25, -0.2) is 8.78 Å². The molecule has 8 heteroatoms. The van der Waals surface area contributed by atoms with Gasteiger partial charge in [0.15, 0.2) is 5.12 Å². The number of carbonyl (C=O) groups excluding carboxylic acids is 1. The average Bonchev–Trinajstić information content (AvgIpc) is 2.94. The fourth-order valence-electron chi connectivity index (χ4n) is 4.16. The van der Waals surface area contributed by atoms with E-state index in [-0.39, 0.29) is 28.7 Å². The van der Waals surface area contributed by atoms with E-state index in [0.29, 0.717) is 49.8 Å². The van der Waals surface area contributed by atoms with Crippen LogP contribution in [0.5, 0.6) is 0 Å². The Balaban J connectivity index is 1.17. The molecule has 2 unspecified atom stereocenters. The SMILES string of the molecule is N#Cc1ccc(-c2ccc(SC(=O)CC3COC3Sc3ccc(-c4ccc(C#N)cc4)c(F)c3)cc2F)cc1. The van der Waals surface area contributed by atoms with Gasteiger partial charge in [0.2, 0.25) is 0 Å². The van der Waals surface area contributed by atoms with Gasteiger partial charge in [0.05, 0.1) is 29.9 Å². The van der Waals surface area contributed by atoms with Crippen molar-refractivity contribution < 1.29 is 18.3 Å². The highest BCUT2D eigenvalue weighted by atomic mass is 32.2. The van der Waals surface area contributed by atoms with E-state index in [1.165, 1.54) is 23.9 Å². The number of hydrogen-bond acceptors (Lipinski definition) is 6. The van der Waals surface area contributed by atoms with Gasteiger partial charge in [0, 0.05) is 33.3 Å². The molecule has 0 radical (unpaired) electrons. The molecule has 0 N–H and O–H groups in total. The first kappa shape index (κ1) is 26.6. The molecule has 39 heavy (non-hydrogen) atoms. The van der Waals surface area contributed by atoms with E-state index in [2.05, 4.69) is 0 Å². The highest BCUT2D eigenvalue weighted by Gasteiger charge is 2.35. The molecule has 1 fully saturated rings. The standard InChI is InChI=1S/C31H20F2N2O2S2/c32-28-14-24(9-11-26(28)21-5-1-19(16-34)2-6-21)38-30(36)13-23-18-37-31(23)39-25-10-12-27(29(33)15-25)22-7-3-20(17-35)4-8-22/h1-12,14-15,23,31H,13,18H2. The Morgan fingerprint density at radius 2 is 1.31 bits per heavy atom. The van der Waals surface area contributed by atoms with Crippen LogP contribution in [0.25, 0.3) is 22.3 Å². The predicted octanol–water partition coefficient (Wildman–Crippen LogP) is 7.82. The van der Waals surface area contributed by atoms with E-state index in [1.54, 1.807) is 66.7 Å². The molecular formula is C31H20F2N2O2S2. The van der Waals surface area contributed by atoms with Crippen LogP contribution >= 0.6 is 23.5 Å². The zero-order valence-electron chi connectivity index (χ0n) is 20.4. The lowest BCUT2D eigenvalue weighted by atomic mass is 10.0. The van der Waals surface area contributed by atoms with Crippen LogP contribution in [0.4, 0.5) is 8.78 Å². The lowest BCUT2D eigenvalue weighted by Crippen LogP contribution is -2.38. The number of rotatable bonds is 7. The van der Waals surface area contributed by atoms with Crippen LogP contribution < -0.4 is 0 Å². The summed E-state index contributed by atoms with van der Waals surface area (Å²) in [6, 6.07) is 27.1. The number of nitriles is 2. The van der Waals surface area contributed by atoms with Crippen molar-refractivity contribution in [1.29, 1.82) is 10.5 Å². The Morgan fingerprint density at radius 1 is 0.795 bits per heavy atom. The van der Waals surface area contributed by atoms with E-state index < -0.39 is 5.82 Å². The Labute approximate surface area is 233 Å². The van der Waals surface area contributed by atoms with Crippen molar-refractivity contribution >= 4 is 28.6 Å². The fraction of sp³-hybridized carbons (Fsp3) is 0.129. The Morgan fingerprint density at radius 3 is 1.77 bits per heavy atom. The van der Waals surface area contributed by atoms with E-state index in [0.717, 1.165) is 11.8 Å². The van der Waals surface area contributed by atoms with Gasteiger partial charge in [-0.05, 0) is 59.7 Å². The van der Waals surface area contributed by atoms with Crippen molar-refractivity contribution in [2.75, 3.05) is 6.61 Å². The number of thioether (sulfide) groups is 2. The summed E-state index contributed by atoms with van der Waals surface area (Å²) in [4.78, 5) is 13.9. The van der Waals surface area contributed by atoms with Crippen molar-refractivity contribution in [2.24, 2.45) is 5.92 Å².